The molecule has 0 bridgehead atoms. The second-order valence-corrected chi connectivity index (χ2v) is 7.29. The Hall–Kier alpha value is -1.34. The van der Waals surface area contributed by atoms with E-state index in [1.54, 1.807) is 31.2 Å². The Kier molecular flexibility index (Phi) is 4.92. The van der Waals surface area contributed by atoms with Gasteiger partial charge in [-0.05, 0) is 18.4 Å². The number of nitriles is 1. The van der Waals surface area contributed by atoms with Crippen LogP contribution in [-0.2, 0) is 9.84 Å². The van der Waals surface area contributed by atoms with Gasteiger partial charge in [0.05, 0.1) is 23.0 Å². The molecule has 1 aromatic carbocycles. The molecule has 0 N–H and O–H groups in total. The highest BCUT2D eigenvalue weighted by Gasteiger charge is 2.33. The topological polar surface area (TPSA) is 57.9 Å². The van der Waals surface area contributed by atoms with Gasteiger partial charge < -0.3 is 0 Å². The van der Waals surface area contributed by atoms with Crippen molar-refractivity contribution in [2.45, 2.75) is 37.7 Å². The minimum absolute atomic E-state index is 0.00338. The predicted molar refractivity (Wildman–Crippen MR) is 72.6 cm³/mol. The molecule has 0 aliphatic heterocycles. The highest BCUT2D eigenvalue weighted by molar-refractivity contribution is 7.92. The van der Waals surface area contributed by atoms with Crippen LogP contribution in [0.5, 0.6) is 0 Å². The molecule has 2 unspecified atom stereocenters. The maximum absolute atomic E-state index is 12.5. The highest BCUT2D eigenvalue weighted by Crippen LogP contribution is 2.31. The van der Waals surface area contributed by atoms with Crippen molar-refractivity contribution < 1.29 is 8.42 Å². The Morgan fingerprint density at radius 1 is 1.17 bits per heavy atom. The smallest absolute Gasteiger partial charge is 0.161 e. The van der Waals surface area contributed by atoms with Gasteiger partial charge in [-0.2, -0.15) is 5.26 Å². The summed E-state index contributed by atoms with van der Waals surface area (Å²) in [5, 5.41) is 7.70. The van der Waals surface area contributed by atoms with Gasteiger partial charge in [-0.15, -0.1) is 0 Å². The first-order valence-electron chi connectivity index (χ1n) is 6.05. The number of hydrogen-bond donors (Lipinski definition) is 0. The summed E-state index contributed by atoms with van der Waals surface area (Å²) in [6.07, 6.45) is 0.00338. The number of benzene rings is 1. The maximum atomic E-state index is 12.5. The molecular formula is C14H19NO2S. The monoisotopic (exact) mass is 265 g/mol. The zero-order valence-electron chi connectivity index (χ0n) is 11.0. The molecule has 18 heavy (non-hydrogen) atoms. The van der Waals surface area contributed by atoms with E-state index < -0.39 is 20.3 Å². The second kappa shape index (κ2) is 6.01. The maximum Gasteiger partial charge on any atom is 0.161 e. The molecule has 3 nitrogen and oxygen atoms in total. The van der Waals surface area contributed by atoms with Crippen molar-refractivity contribution in [3.63, 3.8) is 0 Å². The second-order valence-electron chi connectivity index (χ2n) is 4.80. The lowest BCUT2D eigenvalue weighted by molar-refractivity contribution is 0.534. The first kappa shape index (κ1) is 14.7. The fourth-order valence-corrected chi connectivity index (χ4v) is 3.93. The number of rotatable bonds is 5. The van der Waals surface area contributed by atoms with Gasteiger partial charge in [0.15, 0.2) is 9.84 Å². The molecule has 4 heteroatoms. The fraction of sp³-hybridized carbons (Fsp3) is 0.500. The summed E-state index contributed by atoms with van der Waals surface area (Å²) in [5.41, 5.74) is 0.701. The molecule has 0 saturated heterocycles. The molecule has 2 atom stereocenters. The lowest BCUT2D eigenvalue weighted by Gasteiger charge is -2.23. The third-order valence-electron chi connectivity index (χ3n) is 3.30. The molecule has 1 aromatic rings. The molecule has 0 saturated carbocycles. The summed E-state index contributed by atoms with van der Waals surface area (Å²) in [6, 6.07) is 11.0. The van der Waals surface area contributed by atoms with E-state index in [2.05, 4.69) is 0 Å². The summed E-state index contributed by atoms with van der Waals surface area (Å²) in [7, 11) is -3.34. The molecule has 0 aliphatic rings. The Bertz CT molecular complexity index is 514. The summed E-state index contributed by atoms with van der Waals surface area (Å²) in [5.74, 6) is 0.0416. The number of sulfone groups is 1. The van der Waals surface area contributed by atoms with E-state index in [-0.39, 0.29) is 12.3 Å². The van der Waals surface area contributed by atoms with Gasteiger partial charge in [0.25, 0.3) is 0 Å². The van der Waals surface area contributed by atoms with Crippen molar-refractivity contribution in [3.05, 3.63) is 35.9 Å². The minimum atomic E-state index is -3.34. The lowest BCUT2D eigenvalue weighted by atomic mass is 10.1. The minimum Gasteiger partial charge on any atom is -0.228 e. The lowest BCUT2D eigenvalue weighted by Crippen LogP contribution is -2.28. The molecule has 0 heterocycles. The van der Waals surface area contributed by atoms with Crippen molar-refractivity contribution in [1.82, 2.24) is 0 Å². The highest BCUT2D eigenvalue weighted by atomic mass is 32.2. The molecular weight excluding hydrogens is 246 g/mol. The van der Waals surface area contributed by atoms with Crippen molar-refractivity contribution in [2.24, 2.45) is 5.92 Å². The molecule has 0 amide bonds. The van der Waals surface area contributed by atoms with Gasteiger partial charge in [0, 0.05) is 0 Å². The summed E-state index contributed by atoms with van der Waals surface area (Å²) in [6.45, 7) is 5.49. The fourth-order valence-electron chi connectivity index (χ4n) is 1.81. The van der Waals surface area contributed by atoms with Crippen LogP contribution in [0.4, 0.5) is 0 Å². The molecule has 0 fully saturated rings. The van der Waals surface area contributed by atoms with E-state index >= 15 is 0 Å². The van der Waals surface area contributed by atoms with Crippen LogP contribution in [-0.4, -0.2) is 13.7 Å². The number of nitrogens with zero attached hydrogens (tertiary/aromatic N) is 1. The quantitative estimate of drug-likeness (QED) is 0.822. The van der Waals surface area contributed by atoms with Crippen LogP contribution in [0.1, 0.15) is 38.0 Å². The van der Waals surface area contributed by atoms with Crippen LogP contribution in [0.25, 0.3) is 0 Å². The Labute approximate surface area is 109 Å². The standard InChI is InChI=1S/C14H19NO2S/c1-11(2)12(3)18(16,17)14(9-10-15)13-7-5-4-6-8-13/h4-8,11-12,14H,9H2,1-3H3. The van der Waals surface area contributed by atoms with Gasteiger partial charge >= 0.3 is 0 Å². The van der Waals surface area contributed by atoms with E-state index in [9.17, 15) is 8.42 Å². The van der Waals surface area contributed by atoms with Crippen molar-refractivity contribution in [3.8, 4) is 6.07 Å². The third-order valence-corrected chi connectivity index (χ3v) is 6.11. The Balaban J connectivity index is 3.19. The Morgan fingerprint density at radius 2 is 1.72 bits per heavy atom. The van der Waals surface area contributed by atoms with E-state index in [1.165, 1.54) is 0 Å². The normalized spacial score (nSPS) is 15.1. The molecule has 1 rings (SSSR count). The van der Waals surface area contributed by atoms with E-state index in [0.717, 1.165) is 0 Å². The van der Waals surface area contributed by atoms with E-state index in [1.807, 2.05) is 26.0 Å². The molecule has 0 spiro atoms. The van der Waals surface area contributed by atoms with Crippen LogP contribution in [0.15, 0.2) is 30.3 Å². The van der Waals surface area contributed by atoms with Crippen molar-refractivity contribution in [1.29, 1.82) is 5.26 Å². The summed E-state index contributed by atoms with van der Waals surface area (Å²) >= 11 is 0. The zero-order chi connectivity index (χ0) is 13.8. The van der Waals surface area contributed by atoms with Gasteiger partial charge in [-0.1, -0.05) is 44.2 Å². The Morgan fingerprint density at radius 3 is 2.17 bits per heavy atom. The first-order valence-corrected chi connectivity index (χ1v) is 7.66. The average molecular weight is 265 g/mol. The van der Waals surface area contributed by atoms with Gasteiger partial charge in [0.2, 0.25) is 0 Å². The average Bonchev–Trinajstić information content (AvgIpc) is 2.35. The van der Waals surface area contributed by atoms with E-state index in [4.69, 9.17) is 5.26 Å². The van der Waals surface area contributed by atoms with Gasteiger partial charge in [0.1, 0.15) is 0 Å². The van der Waals surface area contributed by atoms with Crippen LogP contribution < -0.4 is 0 Å². The van der Waals surface area contributed by atoms with E-state index in [0.29, 0.717) is 5.56 Å². The number of hydrogen-bond acceptors (Lipinski definition) is 3. The molecule has 98 valence electrons. The van der Waals surface area contributed by atoms with Crippen LogP contribution >= 0.6 is 0 Å². The predicted octanol–water partition coefficient (Wildman–Crippen LogP) is 3.10. The summed E-state index contributed by atoms with van der Waals surface area (Å²) < 4.78 is 25.0. The van der Waals surface area contributed by atoms with Crippen molar-refractivity contribution in [2.75, 3.05) is 0 Å². The van der Waals surface area contributed by atoms with Crippen molar-refractivity contribution >= 4 is 9.84 Å². The third kappa shape index (κ3) is 3.11. The van der Waals surface area contributed by atoms with Crippen LogP contribution in [0, 0.1) is 17.2 Å². The first-order chi connectivity index (χ1) is 8.41. The van der Waals surface area contributed by atoms with Crippen LogP contribution in [0.3, 0.4) is 0 Å². The molecule has 0 aliphatic carbocycles. The van der Waals surface area contributed by atoms with Gasteiger partial charge in [-0.25, -0.2) is 8.42 Å². The molecule has 0 radical (unpaired) electrons. The summed E-state index contributed by atoms with van der Waals surface area (Å²) in [4.78, 5) is 0. The largest absolute Gasteiger partial charge is 0.228 e. The van der Waals surface area contributed by atoms with Gasteiger partial charge in [-0.3, -0.25) is 0 Å². The molecule has 0 aromatic heterocycles. The van der Waals surface area contributed by atoms with Crippen LogP contribution in [0.2, 0.25) is 0 Å². The SMILES string of the molecule is CC(C)C(C)S(=O)(=O)C(CC#N)c1ccccc1. The zero-order valence-corrected chi connectivity index (χ0v) is 11.8.